The van der Waals surface area contributed by atoms with Crippen molar-refractivity contribution in [3.05, 3.63) is 125 Å². The Bertz CT molecular complexity index is 1800. The highest BCUT2D eigenvalue weighted by Crippen LogP contribution is 2.48. The van der Waals surface area contributed by atoms with Gasteiger partial charge in [0.1, 0.15) is 5.75 Å². The van der Waals surface area contributed by atoms with Crippen molar-refractivity contribution in [3.8, 4) is 11.4 Å². The predicted molar refractivity (Wildman–Crippen MR) is 161 cm³/mol. The van der Waals surface area contributed by atoms with Gasteiger partial charge in [0.15, 0.2) is 17.5 Å². The van der Waals surface area contributed by atoms with E-state index in [1.54, 1.807) is 7.11 Å². The summed E-state index contributed by atoms with van der Waals surface area (Å²) < 4.78 is 7.27. The maximum atomic E-state index is 6.47. The lowest BCUT2D eigenvalue weighted by Gasteiger charge is -2.40. The molecule has 196 valence electrons. The SMILES string of the molecule is COc1ccc(NC2=Nc3ccccc3N3C2=Nc2c(c(C)nn2-c2ccccc2)[C@@H]3c2ccccc2)cc1Cl. The lowest BCUT2D eigenvalue weighted by atomic mass is 9.93. The third-order valence-electron chi connectivity index (χ3n) is 7.17. The second kappa shape index (κ2) is 9.70. The van der Waals surface area contributed by atoms with Crippen LogP contribution in [0.1, 0.15) is 22.9 Å². The van der Waals surface area contributed by atoms with Crippen molar-refractivity contribution in [3.63, 3.8) is 0 Å². The first kappa shape index (κ1) is 24.2. The minimum absolute atomic E-state index is 0.172. The fourth-order valence-corrected chi connectivity index (χ4v) is 5.64. The Balaban J connectivity index is 1.47. The van der Waals surface area contributed by atoms with Gasteiger partial charge in [-0.05, 0) is 55.0 Å². The largest absolute Gasteiger partial charge is 0.495 e. The molecule has 0 saturated carbocycles. The van der Waals surface area contributed by atoms with Crippen molar-refractivity contribution in [1.82, 2.24) is 9.78 Å². The van der Waals surface area contributed by atoms with Crippen LogP contribution in [0.4, 0.5) is 22.9 Å². The summed E-state index contributed by atoms with van der Waals surface area (Å²) in [7, 11) is 1.60. The number of para-hydroxylation sites is 3. The smallest absolute Gasteiger partial charge is 0.179 e. The van der Waals surface area contributed by atoms with E-state index in [-0.39, 0.29) is 6.04 Å². The average molecular weight is 545 g/mol. The molecule has 2 aliphatic heterocycles. The van der Waals surface area contributed by atoms with E-state index in [1.807, 2.05) is 77.5 Å². The Hall–Kier alpha value is -4.88. The number of amidine groups is 2. The van der Waals surface area contributed by atoms with E-state index >= 15 is 0 Å². The third kappa shape index (κ3) is 3.94. The third-order valence-corrected chi connectivity index (χ3v) is 7.46. The lowest BCUT2D eigenvalue weighted by molar-refractivity contribution is 0.415. The fraction of sp³-hybridized carbons (Fsp3) is 0.0938. The Labute approximate surface area is 237 Å². The van der Waals surface area contributed by atoms with Gasteiger partial charge in [0.25, 0.3) is 0 Å². The molecular formula is C32H25ClN6O. The zero-order valence-corrected chi connectivity index (χ0v) is 22.7. The summed E-state index contributed by atoms with van der Waals surface area (Å²) in [4.78, 5) is 12.6. The van der Waals surface area contributed by atoms with E-state index in [1.165, 1.54) is 0 Å². The van der Waals surface area contributed by atoms with Crippen LogP contribution in [-0.2, 0) is 0 Å². The fourth-order valence-electron chi connectivity index (χ4n) is 5.38. The molecule has 7 rings (SSSR count). The van der Waals surface area contributed by atoms with Gasteiger partial charge < -0.3 is 15.0 Å². The molecular weight excluding hydrogens is 520 g/mol. The molecule has 0 unspecified atom stereocenters. The summed E-state index contributed by atoms with van der Waals surface area (Å²) in [6.45, 7) is 2.05. The van der Waals surface area contributed by atoms with Crippen LogP contribution < -0.4 is 15.0 Å². The number of aliphatic imine (C=N–C) groups is 2. The van der Waals surface area contributed by atoms with Crippen LogP contribution in [0.15, 0.2) is 113 Å². The number of benzene rings is 4. The summed E-state index contributed by atoms with van der Waals surface area (Å²) >= 11 is 6.47. The molecule has 2 aliphatic rings. The molecule has 4 aromatic carbocycles. The van der Waals surface area contributed by atoms with Crippen molar-refractivity contribution in [1.29, 1.82) is 0 Å². The second-order valence-corrected chi connectivity index (χ2v) is 10.0. The summed E-state index contributed by atoms with van der Waals surface area (Å²) in [6.07, 6.45) is 0. The van der Waals surface area contributed by atoms with Gasteiger partial charge in [0.2, 0.25) is 0 Å². The van der Waals surface area contributed by atoms with Crippen LogP contribution in [0.2, 0.25) is 5.02 Å². The maximum Gasteiger partial charge on any atom is 0.179 e. The highest BCUT2D eigenvalue weighted by molar-refractivity contribution is 6.51. The van der Waals surface area contributed by atoms with Gasteiger partial charge in [-0.3, -0.25) is 0 Å². The van der Waals surface area contributed by atoms with Gasteiger partial charge in [-0.2, -0.15) is 5.10 Å². The van der Waals surface area contributed by atoms with E-state index in [2.05, 4.69) is 47.5 Å². The summed E-state index contributed by atoms with van der Waals surface area (Å²) in [5.41, 5.74) is 6.67. The van der Waals surface area contributed by atoms with Crippen molar-refractivity contribution in [2.45, 2.75) is 13.0 Å². The molecule has 1 N–H and O–H groups in total. The molecule has 1 atom stereocenters. The van der Waals surface area contributed by atoms with Crippen LogP contribution in [-0.4, -0.2) is 28.6 Å². The normalized spacial score (nSPS) is 15.4. The molecule has 0 amide bonds. The molecule has 1 aromatic heterocycles. The topological polar surface area (TPSA) is 67.0 Å². The van der Waals surface area contributed by atoms with E-state index < -0.39 is 0 Å². The number of anilines is 2. The Morgan fingerprint density at radius 3 is 2.33 bits per heavy atom. The molecule has 0 saturated heterocycles. The number of hydrogen-bond acceptors (Lipinski definition) is 6. The van der Waals surface area contributed by atoms with Gasteiger partial charge in [0, 0.05) is 11.3 Å². The second-order valence-electron chi connectivity index (χ2n) is 9.61. The quantitative estimate of drug-likeness (QED) is 0.252. The van der Waals surface area contributed by atoms with Crippen LogP contribution >= 0.6 is 11.6 Å². The van der Waals surface area contributed by atoms with E-state index in [0.717, 1.165) is 45.4 Å². The number of methoxy groups -OCH3 is 1. The van der Waals surface area contributed by atoms with E-state index in [0.29, 0.717) is 22.4 Å². The summed E-state index contributed by atoms with van der Waals surface area (Å²) in [6, 6.07) is 34.1. The summed E-state index contributed by atoms with van der Waals surface area (Å²) in [5, 5.41) is 8.98. The average Bonchev–Trinajstić information content (AvgIpc) is 3.33. The van der Waals surface area contributed by atoms with E-state index in [9.17, 15) is 0 Å². The van der Waals surface area contributed by atoms with Crippen LogP contribution in [0.25, 0.3) is 5.69 Å². The number of nitrogens with one attached hydrogen (secondary N) is 1. The number of nitrogens with zero attached hydrogens (tertiary/aromatic N) is 5. The molecule has 0 spiro atoms. The van der Waals surface area contributed by atoms with E-state index in [4.69, 9.17) is 31.4 Å². The Morgan fingerprint density at radius 2 is 1.57 bits per heavy atom. The predicted octanol–water partition coefficient (Wildman–Crippen LogP) is 7.64. The van der Waals surface area contributed by atoms with Crippen LogP contribution in [0, 0.1) is 6.92 Å². The first-order valence-corrected chi connectivity index (χ1v) is 13.4. The van der Waals surface area contributed by atoms with Crippen molar-refractivity contribution in [2.24, 2.45) is 9.98 Å². The Morgan fingerprint density at radius 1 is 0.850 bits per heavy atom. The van der Waals surface area contributed by atoms with Gasteiger partial charge >= 0.3 is 0 Å². The molecule has 5 aromatic rings. The lowest BCUT2D eigenvalue weighted by Crippen LogP contribution is -2.46. The zero-order valence-electron chi connectivity index (χ0n) is 21.9. The highest BCUT2D eigenvalue weighted by atomic mass is 35.5. The highest BCUT2D eigenvalue weighted by Gasteiger charge is 2.41. The minimum atomic E-state index is -0.172. The summed E-state index contributed by atoms with van der Waals surface area (Å²) in [5.74, 6) is 2.70. The maximum absolute atomic E-state index is 6.47. The zero-order chi connectivity index (χ0) is 27.2. The van der Waals surface area contributed by atoms with Crippen molar-refractivity contribution in [2.75, 3.05) is 17.3 Å². The van der Waals surface area contributed by atoms with Gasteiger partial charge in [-0.1, -0.05) is 72.3 Å². The number of aromatic nitrogens is 2. The number of fused-ring (bicyclic) bond motifs is 4. The number of aryl methyl sites for hydroxylation is 1. The number of rotatable bonds is 4. The van der Waals surface area contributed by atoms with Crippen molar-refractivity contribution >= 4 is 46.2 Å². The van der Waals surface area contributed by atoms with Crippen LogP contribution in [0.3, 0.4) is 0 Å². The molecule has 8 heteroatoms. The van der Waals surface area contributed by atoms with Crippen LogP contribution in [0.5, 0.6) is 5.75 Å². The number of ether oxygens (including phenoxy) is 1. The number of hydrogen-bond donors (Lipinski definition) is 1. The molecule has 3 heterocycles. The first-order chi connectivity index (χ1) is 19.6. The molecule has 0 radical (unpaired) electrons. The van der Waals surface area contributed by atoms with Crippen molar-refractivity contribution < 1.29 is 4.74 Å². The molecule has 7 nitrogen and oxygen atoms in total. The molecule has 0 fully saturated rings. The van der Waals surface area contributed by atoms with Gasteiger partial charge in [0.05, 0.1) is 40.9 Å². The first-order valence-electron chi connectivity index (χ1n) is 13.0. The Kier molecular flexibility index (Phi) is 5.86. The monoisotopic (exact) mass is 544 g/mol. The minimum Gasteiger partial charge on any atom is -0.495 e. The standard InChI is InChI=1S/C32H25ClN6O/c1-20-28-29(21-11-5-3-6-12-21)38-26-16-10-9-15-25(26)35-30(34-22-17-18-27(40-2)24(33)19-22)32(38)36-31(28)39(37-20)23-13-7-4-8-14-23/h3-19,29H,1-2H3,(H,34,35)/t29-/m0/s1. The van der Waals surface area contributed by atoms with Gasteiger partial charge in [-0.15, -0.1) is 0 Å². The van der Waals surface area contributed by atoms with Gasteiger partial charge in [-0.25, -0.2) is 14.7 Å². The molecule has 0 aliphatic carbocycles. The molecule has 40 heavy (non-hydrogen) atoms. The number of halogens is 1. The molecule has 0 bridgehead atoms.